The van der Waals surface area contributed by atoms with E-state index in [2.05, 4.69) is 10.3 Å². The molecule has 2 fully saturated rings. The van der Waals surface area contributed by atoms with Crippen LogP contribution in [0.3, 0.4) is 0 Å². The first kappa shape index (κ1) is 16.1. The van der Waals surface area contributed by atoms with Gasteiger partial charge in [-0.25, -0.2) is 4.98 Å². The summed E-state index contributed by atoms with van der Waals surface area (Å²) in [4.78, 5) is 32.0. The molecule has 0 aliphatic carbocycles. The zero-order valence-electron chi connectivity index (χ0n) is 14.5. The molecule has 8 nitrogen and oxygen atoms in total. The van der Waals surface area contributed by atoms with Gasteiger partial charge in [-0.05, 0) is 12.1 Å². The van der Waals surface area contributed by atoms with Crippen molar-refractivity contribution in [2.75, 3.05) is 23.6 Å². The molecule has 1 N–H and O–H groups in total. The number of anilines is 2. The lowest BCUT2D eigenvalue weighted by Crippen LogP contribution is -2.41. The fourth-order valence-corrected chi connectivity index (χ4v) is 5.08. The van der Waals surface area contributed by atoms with Crippen LogP contribution in [0, 0.1) is 11.8 Å². The third-order valence-electron chi connectivity index (χ3n) is 5.73. The van der Waals surface area contributed by atoms with Crippen LogP contribution in [0.15, 0.2) is 41.9 Å². The molecule has 9 heteroatoms. The molecular formula is C19H15N3O5S. The van der Waals surface area contributed by atoms with E-state index in [1.165, 1.54) is 11.3 Å². The zero-order valence-corrected chi connectivity index (χ0v) is 15.3. The second-order valence-corrected chi connectivity index (χ2v) is 8.08. The van der Waals surface area contributed by atoms with E-state index in [0.717, 1.165) is 0 Å². The Morgan fingerprint density at radius 1 is 1.32 bits per heavy atom. The average molecular weight is 397 g/mol. The highest BCUT2D eigenvalue weighted by Gasteiger charge is 2.67. The van der Waals surface area contributed by atoms with E-state index in [1.54, 1.807) is 28.6 Å². The Hall–Kier alpha value is -2.91. The normalized spacial score (nSPS) is 31.5. The van der Waals surface area contributed by atoms with Gasteiger partial charge in [0.15, 0.2) is 16.6 Å². The van der Waals surface area contributed by atoms with Gasteiger partial charge in [-0.1, -0.05) is 12.2 Å². The molecule has 5 heterocycles. The fraction of sp³-hybridized carbons (Fsp3) is 0.316. The number of ether oxygens (including phenoxy) is 3. The Kier molecular flexibility index (Phi) is 3.19. The van der Waals surface area contributed by atoms with E-state index in [9.17, 15) is 9.59 Å². The molecule has 2 saturated heterocycles. The lowest BCUT2D eigenvalue weighted by Gasteiger charge is -2.22. The van der Waals surface area contributed by atoms with Crippen LogP contribution in [-0.2, 0) is 14.3 Å². The van der Waals surface area contributed by atoms with E-state index < -0.39 is 23.5 Å². The fourth-order valence-electron chi connectivity index (χ4n) is 4.54. The Labute approximate surface area is 163 Å². The minimum absolute atomic E-state index is 0.120. The molecule has 1 spiro atoms. The first-order chi connectivity index (χ1) is 13.6. The molecule has 0 saturated carbocycles. The summed E-state index contributed by atoms with van der Waals surface area (Å²) in [6, 6.07) is 5.40. The summed E-state index contributed by atoms with van der Waals surface area (Å²) < 4.78 is 16.9. The SMILES string of the molecule is O=C(Nc1nccs1)[C@H]1[C@H]2C(=O)N(c3ccc4c(c3)OCO4)C[C@@]23C=C[C@H]1O3. The van der Waals surface area contributed by atoms with Crippen molar-refractivity contribution in [1.82, 2.24) is 4.98 Å². The Morgan fingerprint density at radius 3 is 3.07 bits per heavy atom. The maximum Gasteiger partial charge on any atom is 0.234 e. The number of aromatic nitrogens is 1. The van der Waals surface area contributed by atoms with Crippen molar-refractivity contribution in [1.29, 1.82) is 0 Å². The van der Waals surface area contributed by atoms with Gasteiger partial charge in [-0.2, -0.15) is 0 Å². The number of nitrogens with zero attached hydrogens (tertiary/aromatic N) is 2. The number of hydrogen-bond acceptors (Lipinski definition) is 7. The minimum Gasteiger partial charge on any atom is -0.454 e. The second-order valence-electron chi connectivity index (χ2n) is 7.19. The number of carbonyl (C=O) groups is 2. The minimum atomic E-state index is -0.775. The Bertz CT molecular complexity index is 1020. The number of carbonyl (C=O) groups excluding carboxylic acids is 2. The number of thiazole rings is 1. The van der Waals surface area contributed by atoms with Crippen molar-refractivity contribution in [2.24, 2.45) is 11.8 Å². The van der Waals surface area contributed by atoms with Crippen molar-refractivity contribution in [3.8, 4) is 11.5 Å². The predicted molar refractivity (Wildman–Crippen MR) is 99.4 cm³/mol. The van der Waals surface area contributed by atoms with Gasteiger partial charge in [0.25, 0.3) is 0 Å². The van der Waals surface area contributed by atoms with Crippen LogP contribution in [-0.4, -0.2) is 41.8 Å². The molecule has 4 aliphatic rings. The summed E-state index contributed by atoms with van der Waals surface area (Å²) in [7, 11) is 0. The molecule has 2 amide bonds. The number of fused-ring (bicyclic) bond motifs is 2. The van der Waals surface area contributed by atoms with E-state index in [0.29, 0.717) is 28.9 Å². The number of amides is 2. The Morgan fingerprint density at radius 2 is 2.21 bits per heavy atom. The predicted octanol–water partition coefficient (Wildman–Crippen LogP) is 1.80. The van der Waals surface area contributed by atoms with Crippen molar-refractivity contribution >= 4 is 34.0 Å². The van der Waals surface area contributed by atoms with Gasteiger partial charge < -0.3 is 24.4 Å². The van der Waals surface area contributed by atoms with Gasteiger partial charge in [-0.3, -0.25) is 9.59 Å². The summed E-state index contributed by atoms with van der Waals surface area (Å²) in [6.45, 7) is 0.538. The van der Waals surface area contributed by atoms with Gasteiger partial charge in [-0.15, -0.1) is 11.3 Å². The smallest absolute Gasteiger partial charge is 0.234 e. The molecule has 0 unspecified atom stereocenters. The summed E-state index contributed by atoms with van der Waals surface area (Å²) in [5, 5.41) is 5.12. The van der Waals surface area contributed by atoms with E-state index in [-0.39, 0.29) is 18.6 Å². The van der Waals surface area contributed by atoms with Crippen LogP contribution in [0.5, 0.6) is 11.5 Å². The first-order valence-corrected chi connectivity index (χ1v) is 9.81. The highest BCUT2D eigenvalue weighted by molar-refractivity contribution is 7.13. The number of hydrogen-bond donors (Lipinski definition) is 1. The van der Waals surface area contributed by atoms with E-state index in [1.807, 2.05) is 18.2 Å². The zero-order chi connectivity index (χ0) is 18.9. The molecule has 4 atom stereocenters. The molecule has 2 bridgehead atoms. The van der Waals surface area contributed by atoms with Gasteiger partial charge in [0.05, 0.1) is 24.5 Å². The van der Waals surface area contributed by atoms with Crippen LogP contribution >= 0.6 is 11.3 Å². The first-order valence-electron chi connectivity index (χ1n) is 8.93. The van der Waals surface area contributed by atoms with Crippen LogP contribution in [0.25, 0.3) is 0 Å². The van der Waals surface area contributed by atoms with Crippen molar-refractivity contribution in [3.05, 3.63) is 41.9 Å². The maximum absolute atomic E-state index is 13.3. The Balaban J connectivity index is 1.32. The van der Waals surface area contributed by atoms with Crippen molar-refractivity contribution in [3.63, 3.8) is 0 Å². The van der Waals surface area contributed by atoms with Crippen LogP contribution in [0.2, 0.25) is 0 Å². The number of rotatable bonds is 3. The van der Waals surface area contributed by atoms with Crippen molar-refractivity contribution in [2.45, 2.75) is 11.7 Å². The molecule has 0 radical (unpaired) electrons. The lowest BCUT2D eigenvalue weighted by molar-refractivity contribution is -0.128. The monoisotopic (exact) mass is 397 g/mol. The number of benzene rings is 1. The van der Waals surface area contributed by atoms with Crippen LogP contribution in [0.4, 0.5) is 10.8 Å². The van der Waals surface area contributed by atoms with Gasteiger partial charge in [0.2, 0.25) is 18.6 Å². The highest BCUT2D eigenvalue weighted by Crippen LogP contribution is 2.53. The van der Waals surface area contributed by atoms with Gasteiger partial charge in [0, 0.05) is 23.3 Å². The third-order valence-corrected chi connectivity index (χ3v) is 6.42. The highest BCUT2D eigenvalue weighted by atomic mass is 32.1. The van der Waals surface area contributed by atoms with Gasteiger partial charge >= 0.3 is 0 Å². The summed E-state index contributed by atoms with van der Waals surface area (Å²) >= 11 is 1.34. The summed E-state index contributed by atoms with van der Waals surface area (Å²) in [5.41, 5.74) is -0.0687. The quantitative estimate of drug-likeness (QED) is 0.795. The molecule has 1 aromatic carbocycles. The average Bonchev–Trinajstić information content (AvgIpc) is 3.49. The van der Waals surface area contributed by atoms with Gasteiger partial charge in [0.1, 0.15) is 5.60 Å². The van der Waals surface area contributed by atoms with Crippen LogP contribution in [0.1, 0.15) is 0 Å². The molecule has 4 aliphatic heterocycles. The molecule has 142 valence electrons. The lowest BCUT2D eigenvalue weighted by atomic mass is 9.77. The standard InChI is InChI=1S/C19H15N3O5S/c23-16(21-18-20-5-6-28-18)14-12-3-4-19(27-12)8-22(17(24)15(14)19)10-1-2-11-13(7-10)26-9-25-11/h1-7,12,14-15H,8-9H2,(H,20,21,23)/t12-,14-,15+,19+/m1/s1. The second kappa shape index (κ2) is 5.55. The van der Waals surface area contributed by atoms with Crippen molar-refractivity contribution < 1.29 is 23.8 Å². The molecular weight excluding hydrogens is 382 g/mol. The number of nitrogens with one attached hydrogen (secondary N) is 1. The van der Waals surface area contributed by atoms with E-state index in [4.69, 9.17) is 14.2 Å². The van der Waals surface area contributed by atoms with E-state index >= 15 is 0 Å². The third kappa shape index (κ3) is 2.11. The largest absolute Gasteiger partial charge is 0.454 e. The topological polar surface area (TPSA) is 90.0 Å². The molecule has 28 heavy (non-hydrogen) atoms. The summed E-state index contributed by atoms with van der Waals surface area (Å²) in [6.07, 6.45) is 5.05. The maximum atomic E-state index is 13.3. The molecule has 2 aromatic rings. The van der Waals surface area contributed by atoms with Crippen LogP contribution < -0.4 is 19.7 Å². The summed E-state index contributed by atoms with van der Waals surface area (Å²) in [5.74, 6) is -0.236. The molecule has 1 aromatic heterocycles. The molecule has 6 rings (SSSR count).